The predicted molar refractivity (Wildman–Crippen MR) is 62.4 cm³/mol. The summed E-state index contributed by atoms with van der Waals surface area (Å²) in [5, 5.41) is 2.92. The molecule has 1 fully saturated rings. The van der Waals surface area contributed by atoms with Crippen LogP contribution in [-0.2, 0) is 4.79 Å². The molecule has 1 saturated carbocycles. The number of rotatable bonds is 3. The fourth-order valence-electron chi connectivity index (χ4n) is 2.07. The molecule has 0 radical (unpaired) electrons. The molecule has 0 heterocycles. The first-order valence-corrected chi connectivity index (χ1v) is 5.94. The van der Waals surface area contributed by atoms with E-state index in [1.807, 2.05) is 0 Å². The molecule has 1 atom stereocenters. The normalized spacial score (nSPS) is 23.5. The second-order valence-electron chi connectivity index (χ2n) is 5.64. The summed E-state index contributed by atoms with van der Waals surface area (Å²) in [5.41, 5.74) is 5.98. The minimum Gasteiger partial charge on any atom is -0.354 e. The molecule has 0 aromatic heterocycles. The Hall–Kier alpha value is -0.570. The van der Waals surface area contributed by atoms with Gasteiger partial charge < -0.3 is 11.1 Å². The molecule has 0 aromatic rings. The highest BCUT2D eigenvalue weighted by Gasteiger charge is 2.26. The van der Waals surface area contributed by atoms with Crippen LogP contribution >= 0.6 is 0 Å². The zero-order chi connectivity index (χ0) is 11.5. The van der Waals surface area contributed by atoms with Crippen molar-refractivity contribution in [3.63, 3.8) is 0 Å². The first-order chi connectivity index (χ1) is 6.91. The van der Waals surface area contributed by atoms with E-state index in [1.165, 1.54) is 25.7 Å². The van der Waals surface area contributed by atoms with Gasteiger partial charge in [0.15, 0.2) is 0 Å². The molecule has 1 amide bonds. The van der Waals surface area contributed by atoms with Crippen LogP contribution in [0.1, 0.15) is 46.5 Å². The van der Waals surface area contributed by atoms with E-state index in [0.29, 0.717) is 11.3 Å². The van der Waals surface area contributed by atoms with Gasteiger partial charge in [0, 0.05) is 6.54 Å². The Bertz CT molecular complexity index is 214. The molecule has 1 rings (SSSR count). The minimum absolute atomic E-state index is 0.0279. The summed E-state index contributed by atoms with van der Waals surface area (Å²) in [6.45, 7) is 7.17. The molecule has 1 aliphatic rings. The fourth-order valence-corrected chi connectivity index (χ4v) is 2.07. The minimum atomic E-state index is -0.384. The zero-order valence-corrected chi connectivity index (χ0v) is 10.2. The molecule has 0 aromatic carbocycles. The van der Waals surface area contributed by atoms with Gasteiger partial charge in [-0.15, -0.1) is 0 Å². The van der Waals surface area contributed by atoms with E-state index in [1.54, 1.807) is 6.92 Å². The molecule has 88 valence electrons. The maximum atomic E-state index is 11.3. The summed E-state index contributed by atoms with van der Waals surface area (Å²) in [6, 6.07) is -0.384. The standard InChI is InChI=1S/C12H24N2O/c1-9(13)11(15)14-8-10-4-6-12(2,3)7-5-10/h9-10H,4-8,13H2,1-3H3,(H,14,15)/t9-/m0/s1. The molecule has 0 bridgehead atoms. The van der Waals surface area contributed by atoms with Gasteiger partial charge in [-0.2, -0.15) is 0 Å². The first-order valence-electron chi connectivity index (χ1n) is 5.94. The molecule has 3 nitrogen and oxygen atoms in total. The number of carbonyl (C=O) groups is 1. The lowest BCUT2D eigenvalue weighted by atomic mass is 9.73. The highest BCUT2D eigenvalue weighted by molar-refractivity contribution is 5.80. The Morgan fingerprint density at radius 3 is 2.47 bits per heavy atom. The van der Waals surface area contributed by atoms with Gasteiger partial charge in [-0.3, -0.25) is 4.79 Å². The van der Waals surface area contributed by atoms with Gasteiger partial charge in [-0.25, -0.2) is 0 Å². The number of carbonyl (C=O) groups excluding carboxylic acids is 1. The largest absolute Gasteiger partial charge is 0.354 e. The third-order valence-electron chi connectivity index (χ3n) is 3.44. The molecule has 0 spiro atoms. The van der Waals surface area contributed by atoms with Crippen LogP contribution in [0.15, 0.2) is 0 Å². The number of hydrogen-bond donors (Lipinski definition) is 2. The quantitative estimate of drug-likeness (QED) is 0.747. The van der Waals surface area contributed by atoms with E-state index in [2.05, 4.69) is 19.2 Å². The second-order valence-corrected chi connectivity index (χ2v) is 5.64. The topological polar surface area (TPSA) is 55.1 Å². The Balaban J connectivity index is 2.22. The molecular formula is C12H24N2O. The SMILES string of the molecule is C[C@H](N)C(=O)NCC1CCC(C)(C)CC1. The van der Waals surface area contributed by atoms with Crippen molar-refractivity contribution in [3.05, 3.63) is 0 Å². The molecule has 3 N–H and O–H groups in total. The summed E-state index contributed by atoms with van der Waals surface area (Å²) in [7, 11) is 0. The van der Waals surface area contributed by atoms with Crippen LogP contribution in [0.25, 0.3) is 0 Å². The Morgan fingerprint density at radius 1 is 1.47 bits per heavy atom. The van der Waals surface area contributed by atoms with Crippen molar-refractivity contribution in [2.24, 2.45) is 17.1 Å². The average Bonchev–Trinajstić information content (AvgIpc) is 2.15. The van der Waals surface area contributed by atoms with Crippen molar-refractivity contribution in [2.45, 2.75) is 52.5 Å². The van der Waals surface area contributed by atoms with Crippen LogP contribution in [0.2, 0.25) is 0 Å². The van der Waals surface area contributed by atoms with E-state index in [9.17, 15) is 4.79 Å². The molecule has 0 saturated heterocycles. The Kier molecular flexibility index (Phi) is 4.14. The van der Waals surface area contributed by atoms with Crippen molar-refractivity contribution in [1.29, 1.82) is 0 Å². The van der Waals surface area contributed by atoms with Crippen molar-refractivity contribution >= 4 is 5.91 Å². The van der Waals surface area contributed by atoms with Crippen LogP contribution in [0.5, 0.6) is 0 Å². The maximum Gasteiger partial charge on any atom is 0.236 e. The molecule has 15 heavy (non-hydrogen) atoms. The van der Waals surface area contributed by atoms with Gasteiger partial charge in [0.1, 0.15) is 0 Å². The highest BCUT2D eigenvalue weighted by Crippen LogP contribution is 2.37. The average molecular weight is 212 g/mol. The monoisotopic (exact) mass is 212 g/mol. The van der Waals surface area contributed by atoms with Crippen molar-refractivity contribution < 1.29 is 4.79 Å². The lowest BCUT2D eigenvalue weighted by molar-refractivity contribution is -0.122. The summed E-state index contributed by atoms with van der Waals surface area (Å²) < 4.78 is 0. The van der Waals surface area contributed by atoms with Gasteiger partial charge in [0.05, 0.1) is 6.04 Å². The van der Waals surface area contributed by atoms with Crippen LogP contribution in [-0.4, -0.2) is 18.5 Å². The molecular weight excluding hydrogens is 188 g/mol. The van der Waals surface area contributed by atoms with Gasteiger partial charge in [0.25, 0.3) is 0 Å². The molecule has 0 unspecified atom stereocenters. The van der Waals surface area contributed by atoms with Gasteiger partial charge >= 0.3 is 0 Å². The van der Waals surface area contributed by atoms with Crippen molar-refractivity contribution in [3.8, 4) is 0 Å². The lowest BCUT2D eigenvalue weighted by Gasteiger charge is -2.34. The molecule has 3 heteroatoms. The number of amides is 1. The Morgan fingerprint density at radius 2 is 2.00 bits per heavy atom. The van der Waals surface area contributed by atoms with E-state index in [4.69, 9.17) is 5.73 Å². The lowest BCUT2D eigenvalue weighted by Crippen LogP contribution is -2.41. The Labute approximate surface area is 92.8 Å². The van der Waals surface area contributed by atoms with E-state index in [-0.39, 0.29) is 11.9 Å². The number of nitrogens with one attached hydrogen (secondary N) is 1. The summed E-state index contributed by atoms with van der Waals surface area (Å²) >= 11 is 0. The summed E-state index contributed by atoms with van der Waals surface area (Å²) in [4.78, 5) is 11.3. The van der Waals surface area contributed by atoms with Gasteiger partial charge in [-0.1, -0.05) is 13.8 Å². The highest BCUT2D eigenvalue weighted by atomic mass is 16.2. The fraction of sp³-hybridized carbons (Fsp3) is 0.917. The van der Waals surface area contributed by atoms with Crippen LogP contribution in [0.4, 0.5) is 0 Å². The molecule has 1 aliphatic carbocycles. The first kappa shape index (κ1) is 12.5. The second kappa shape index (κ2) is 4.97. The number of hydrogen-bond acceptors (Lipinski definition) is 2. The zero-order valence-electron chi connectivity index (χ0n) is 10.2. The summed E-state index contributed by atoms with van der Waals surface area (Å²) in [5.74, 6) is 0.626. The molecule has 0 aliphatic heterocycles. The van der Waals surface area contributed by atoms with Crippen molar-refractivity contribution in [1.82, 2.24) is 5.32 Å². The van der Waals surface area contributed by atoms with Crippen molar-refractivity contribution in [2.75, 3.05) is 6.54 Å². The predicted octanol–water partition coefficient (Wildman–Crippen LogP) is 1.67. The van der Waals surface area contributed by atoms with Gasteiger partial charge in [-0.05, 0) is 43.9 Å². The van der Waals surface area contributed by atoms with Gasteiger partial charge in [0.2, 0.25) is 5.91 Å². The van der Waals surface area contributed by atoms with E-state index in [0.717, 1.165) is 6.54 Å². The van der Waals surface area contributed by atoms with Crippen LogP contribution < -0.4 is 11.1 Å². The maximum absolute atomic E-state index is 11.3. The van der Waals surface area contributed by atoms with E-state index < -0.39 is 0 Å². The third-order valence-corrected chi connectivity index (χ3v) is 3.44. The van der Waals surface area contributed by atoms with Crippen LogP contribution in [0.3, 0.4) is 0 Å². The smallest absolute Gasteiger partial charge is 0.236 e. The number of nitrogens with two attached hydrogens (primary N) is 1. The van der Waals surface area contributed by atoms with E-state index >= 15 is 0 Å². The third kappa shape index (κ3) is 4.20. The summed E-state index contributed by atoms with van der Waals surface area (Å²) in [6.07, 6.45) is 5.00. The van der Waals surface area contributed by atoms with Crippen LogP contribution in [0, 0.1) is 11.3 Å².